The van der Waals surface area contributed by atoms with Crippen LogP contribution in [-0.2, 0) is 9.53 Å². The molecule has 2 aromatic rings. The molecule has 0 spiro atoms. The molecular weight excluding hydrogens is 353 g/mol. The normalized spacial score (nSPS) is 10.1. The molecule has 0 heterocycles. The molecule has 25 heavy (non-hydrogen) atoms. The molecule has 0 unspecified atom stereocenters. The molecule has 0 atom stereocenters. The lowest BCUT2D eigenvalue weighted by Gasteiger charge is -2.12. The summed E-state index contributed by atoms with van der Waals surface area (Å²) in [6.45, 7) is -0.525. The predicted octanol–water partition coefficient (Wildman–Crippen LogP) is 3.29. The lowest BCUT2D eigenvalue weighted by Crippen LogP contribution is -2.21. The maximum atomic E-state index is 13.1. The standard InChI is InChI=1S/C17H15ClFNO5/c1-23-11-4-6-14(15(8-11)24-2)20-16(21)9-25-17(22)10-3-5-13(19)12(18)7-10/h3-8H,9H2,1-2H3,(H,20,21). The Kier molecular flexibility index (Phi) is 6.19. The third-order valence-electron chi connectivity index (χ3n) is 3.17. The summed E-state index contributed by atoms with van der Waals surface area (Å²) in [6.07, 6.45) is 0. The minimum atomic E-state index is -0.793. The number of amides is 1. The van der Waals surface area contributed by atoms with Gasteiger partial charge in [0, 0.05) is 6.07 Å². The smallest absolute Gasteiger partial charge is 0.338 e. The van der Waals surface area contributed by atoms with Crippen LogP contribution in [-0.4, -0.2) is 32.7 Å². The predicted molar refractivity (Wildman–Crippen MR) is 89.9 cm³/mol. The molecule has 8 heteroatoms. The second kappa shape index (κ2) is 8.34. The number of nitrogens with one attached hydrogen (secondary N) is 1. The Morgan fingerprint density at radius 3 is 2.52 bits per heavy atom. The number of halogens is 2. The minimum Gasteiger partial charge on any atom is -0.497 e. The van der Waals surface area contributed by atoms with Gasteiger partial charge in [0.15, 0.2) is 6.61 Å². The number of anilines is 1. The number of carbonyl (C=O) groups is 2. The van der Waals surface area contributed by atoms with Crippen molar-refractivity contribution in [3.63, 3.8) is 0 Å². The molecular formula is C17H15ClFNO5. The minimum absolute atomic E-state index is 0.0428. The SMILES string of the molecule is COc1ccc(NC(=O)COC(=O)c2ccc(F)c(Cl)c2)c(OC)c1. The third kappa shape index (κ3) is 4.84. The molecule has 1 amide bonds. The van der Waals surface area contributed by atoms with Gasteiger partial charge in [0.1, 0.15) is 17.3 Å². The van der Waals surface area contributed by atoms with Crippen LogP contribution in [0, 0.1) is 5.82 Å². The van der Waals surface area contributed by atoms with Crippen LogP contribution in [0.3, 0.4) is 0 Å². The summed E-state index contributed by atoms with van der Waals surface area (Å²) < 4.78 is 28.2. The molecule has 0 saturated carbocycles. The van der Waals surface area contributed by atoms with Crippen molar-refractivity contribution in [3.8, 4) is 11.5 Å². The maximum Gasteiger partial charge on any atom is 0.338 e. The molecule has 2 rings (SSSR count). The van der Waals surface area contributed by atoms with E-state index in [9.17, 15) is 14.0 Å². The van der Waals surface area contributed by atoms with Crippen molar-refractivity contribution in [3.05, 3.63) is 52.8 Å². The van der Waals surface area contributed by atoms with Gasteiger partial charge in [0.25, 0.3) is 5.91 Å². The Morgan fingerprint density at radius 1 is 1.12 bits per heavy atom. The highest BCUT2D eigenvalue weighted by molar-refractivity contribution is 6.31. The van der Waals surface area contributed by atoms with E-state index in [0.29, 0.717) is 17.2 Å². The van der Waals surface area contributed by atoms with Crippen LogP contribution in [0.25, 0.3) is 0 Å². The lowest BCUT2D eigenvalue weighted by atomic mass is 10.2. The zero-order valence-corrected chi connectivity index (χ0v) is 14.2. The van der Waals surface area contributed by atoms with Crippen LogP contribution in [0.2, 0.25) is 5.02 Å². The van der Waals surface area contributed by atoms with Crippen LogP contribution < -0.4 is 14.8 Å². The van der Waals surface area contributed by atoms with E-state index in [2.05, 4.69) is 5.32 Å². The molecule has 2 aromatic carbocycles. The van der Waals surface area contributed by atoms with E-state index in [4.69, 9.17) is 25.8 Å². The second-order valence-corrected chi connectivity index (χ2v) is 5.23. The fourth-order valence-corrected chi connectivity index (χ4v) is 2.11. The van der Waals surface area contributed by atoms with Gasteiger partial charge in [-0.2, -0.15) is 0 Å². The molecule has 0 saturated heterocycles. The number of benzene rings is 2. The Bertz CT molecular complexity index is 797. The van der Waals surface area contributed by atoms with E-state index < -0.39 is 24.3 Å². The van der Waals surface area contributed by atoms with Crippen LogP contribution in [0.5, 0.6) is 11.5 Å². The summed E-state index contributed by atoms with van der Waals surface area (Å²) in [7, 11) is 2.96. The maximum absolute atomic E-state index is 13.1. The van der Waals surface area contributed by atoms with Gasteiger partial charge in [0.2, 0.25) is 0 Å². The highest BCUT2D eigenvalue weighted by Gasteiger charge is 2.14. The van der Waals surface area contributed by atoms with Gasteiger partial charge in [-0.15, -0.1) is 0 Å². The van der Waals surface area contributed by atoms with E-state index in [1.807, 2.05) is 0 Å². The first kappa shape index (κ1) is 18.5. The summed E-state index contributed by atoms with van der Waals surface area (Å²) in [6, 6.07) is 8.22. The molecule has 0 bridgehead atoms. The monoisotopic (exact) mass is 367 g/mol. The van der Waals surface area contributed by atoms with Gasteiger partial charge in [0.05, 0.1) is 30.5 Å². The quantitative estimate of drug-likeness (QED) is 0.793. The van der Waals surface area contributed by atoms with Crippen LogP contribution in [0.1, 0.15) is 10.4 Å². The van der Waals surface area contributed by atoms with E-state index in [-0.39, 0.29) is 10.6 Å². The number of rotatable bonds is 6. The van der Waals surface area contributed by atoms with Crippen LogP contribution in [0.4, 0.5) is 10.1 Å². The Labute approximate surface area is 148 Å². The number of methoxy groups -OCH3 is 2. The summed E-state index contributed by atoms with van der Waals surface area (Å²) >= 11 is 5.60. The molecule has 0 aromatic heterocycles. The van der Waals surface area contributed by atoms with E-state index in [1.165, 1.54) is 20.3 Å². The number of hydrogen-bond acceptors (Lipinski definition) is 5. The van der Waals surface area contributed by atoms with Gasteiger partial charge in [-0.05, 0) is 30.3 Å². The Morgan fingerprint density at radius 2 is 1.88 bits per heavy atom. The first-order valence-corrected chi connectivity index (χ1v) is 7.46. The molecule has 0 aliphatic heterocycles. The summed E-state index contributed by atoms with van der Waals surface area (Å²) in [5.74, 6) is -1.05. The van der Waals surface area contributed by atoms with Crippen molar-refractivity contribution in [1.82, 2.24) is 0 Å². The highest BCUT2D eigenvalue weighted by atomic mass is 35.5. The molecule has 0 fully saturated rings. The molecule has 132 valence electrons. The number of carbonyl (C=O) groups excluding carboxylic acids is 2. The van der Waals surface area contributed by atoms with Gasteiger partial charge in [-0.1, -0.05) is 11.6 Å². The van der Waals surface area contributed by atoms with Crippen molar-refractivity contribution >= 4 is 29.2 Å². The van der Waals surface area contributed by atoms with Crippen molar-refractivity contribution in [2.75, 3.05) is 26.1 Å². The summed E-state index contributed by atoms with van der Waals surface area (Å²) in [4.78, 5) is 23.8. The van der Waals surface area contributed by atoms with Crippen molar-refractivity contribution in [2.24, 2.45) is 0 Å². The van der Waals surface area contributed by atoms with Gasteiger partial charge in [-0.3, -0.25) is 4.79 Å². The summed E-state index contributed by atoms with van der Waals surface area (Å²) in [5.41, 5.74) is 0.440. The number of hydrogen-bond donors (Lipinski definition) is 1. The molecule has 1 N–H and O–H groups in total. The van der Waals surface area contributed by atoms with Gasteiger partial charge >= 0.3 is 5.97 Å². The van der Waals surface area contributed by atoms with Crippen LogP contribution in [0.15, 0.2) is 36.4 Å². The zero-order valence-electron chi connectivity index (χ0n) is 13.5. The largest absolute Gasteiger partial charge is 0.497 e. The Balaban J connectivity index is 1.96. The topological polar surface area (TPSA) is 73.9 Å². The van der Waals surface area contributed by atoms with Gasteiger partial charge < -0.3 is 19.5 Å². The van der Waals surface area contributed by atoms with E-state index in [0.717, 1.165) is 12.1 Å². The first-order valence-electron chi connectivity index (χ1n) is 7.08. The fourth-order valence-electron chi connectivity index (χ4n) is 1.93. The average Bonchev–Trinajstić information content (AvgIpc) is 2.62. The summed E-state index contributed by atoms with van der Waals surface area (Å²) in [5, 5.41) is 2.35. The number of esters is 1. The lowest BCUT2D eigenvalue weighted by molar-refractivity contribution is -0.119. The van der Waals surface area contributed by atoms with Crippen molar-refractivity contribution in [1.29, 1.82) is 0 Å². The molecule has 6 nitrogen and oxygen atoms in total. The fraction of sp³-hybridized carbons (Fsp3) is 0.176. The average molecular weight is 368 g/mol. The van der Waals surface area contributed by atoms with E-state index >= 15 is 0 Å². The highest BCUT2D eigenvalue weighted by Crippen LogP contribution is 2.28. The zero-order chi connectivity index (χ0) is 18.4. The molecule has 0 radical (unpaired) electrons. The van der Waals surface area contributed by atoms with Crippen molar-refractivity contribution < 1.29 is 28.2 Å². The number of ether oxygens (including phenoxy) is 3. The Hall–Kier alpha value is -2.80. The van der Waals surface area contributed by atoms with E-state index in [1.54, 1.807) is 18.2 Å². The third-order valence-corrected chi connectivity index (χ3v) is 3.46. The first-order chi connectivity index (χ1) is 11.9. The van der Waals surface area contributed by atoms with Crippen molar-refractivity contribution in [2.45, 2.75) is 0 Å². The van der Waals surface area contributed by atoms with Gasteiger partial charge in [-0.25, -0.2) is 9.18 Å². The second-order valence-electron chi connectivity index (χ2n) is 4.82. The molecule has 0 aliphatic carbocycles. The molecule has 0 aliphatic rings. The van der Waals surface area contributed by atoms with Crippen LogP contribution >= 0.6 is 11.6 Å².